The summed E-state index contributed by atoms with van der Waals surface area (Å²) in [6.07, 6.45) is 2.25. The van der Waals surface area contributed by atoms with Crippen molar-refractivity contribution in [2.75, 3.05) is 26.2 Å². The van der Waals surface area contributed by atoms with Crippen LogP contribution < -0.4 is 10.1 Å². The number of nitrogens with one attached hydrogen (secondary N) is 1. The van der Waals surface area contributed by atoms with Crippen LogP contribution in [-0.4, -0.2) is 42.1 Å². The van der Waals surface area contributed by atoms with Crippen molar-refractivity contribution in [3.05, 3.63) is 35.0 Å². The molecule has 2 aromatic rings. The van der Waals surface area contributed by atoms with E-state index in [9.17, 15) is 4.79 Å². The van der Waals surface area contributed by atoms with Crippen molar-refractivity contribution >= 4 is 5.91 Å². The highest BCUT2D eigenvalue weighted by atomic mass is 16.5. The molecule has 1 fully saturated rings. The molecule has 0 aliphatic carbocycles. The van der Waals surface area contributed by atoms with Crippen LogP contribution in [0.2, 0.25) is 0 Å². The Morgan fingerprint density at radius 2 is 2.07 bits per heavy atom. The summed E-state index contributed by atoms with van der Waals surface area (Å²) >= 11 is 0. The maximum Gasteiger partial charge on any atom is 0.273 e. The van der Waals surface area contributed by atoms with Crippen LogP contribution in [0.1, 0.15) is 48.3 Å². The van der Waals surface area contributed by atoms with Crippen LogP contribution >= 0.6 is 0 Å². The van der Waals surface area contributed by atoms with Crippen molar-refractivity contribution in [1.82, 2.24) is 15.4 Å². The topological polar surface area (TPSA) is 67.6 Å². The molecule has 1 saturated heterocycles. The second-order valence-corrected chi connectivity index (χ2v) is 8.44. The van der Waals surface area contributed by atoms with Crippen LogP contribution in [0.15, 0.2) is 22.7 Å². The molecule has 0 radical (unpaired) electrons. The van der Waals surface area contributed by atoms with Gasteiger partial charge in [-0.15, -0.1) is 0 Å². The number of piperidine rings is 1. The Morgan fingerprint density at radius 3 is 2.86 bits per heavy atom. The standard InChI is InChI=1S/C22H29N3O3/c1-14-5-6-19-17(10-14)21-18(13-27-19)20(24-28-21)22(26)23-7-4-8-25-11-15(2)9-16(3)12-25/h5-6,10,15-16H,4,7-9,11-13H2,1-3H3,(H,23,26)/t15-,16+. The average Bonchev–Trinajstić information content (AvgIpc) is 3.09. The zero-order valence-electron chi connectivity index (χ0n) is 17.0. The number of fused-ring (bicyclic) bond motifs is 3. The van der Waals surface area contributed by atoms with Crippen molar-refractivity contribution in [3.63, 3.8) is 0 Å². The molecule has 28 heavy (non-hydrogen) atoms. The van der Waals surface area contributed by atoms with Gasteiger partial charge in [0.1, 0.15) is 12.4 Å². The largest absolute Gasteiger partial charge is 0.488 e. The van der Waals surface area contributed by atoms with Gasteiger partial charge >= 0.3 is 0 Å². The summed E-state index contributed by atoms with van der Waals surface area (Å²) < 4.78 is 11.3. The highest BCUT2D eigenvalue weighted by Crippen LogP contribution is 2.39. The Balaban J connectivity index is 1.34. The maximum atomic E-state index is 12.6. The predicted molar refractivity (Wildman–Crippen MR) is 107 cm³/mol. The fourth-order valence-electron chi connectivity index (χ4n) is 4.49. The second-order valence-electron chi connectivity index (χ2n) is 8.44. The fourth-order valence-corrected chi connectivity index (χ4v) is 4.49. The molecule has 1 amide bonds. The molecular formula is C22H29N3O3. The van der Waals surface area contributed by atoms with Gasteiger partial charge in [-0.25, -0.2) is 0 Å². The van der Waals surface area contributed by atoms with Gasteiger partial charge in [-0.1, -0.05) is 30.6 Å². The lowest BCUT2D eigenvalue weighted by Gasteiger charge is -2.34. The molecule has 150 valence electrons. The molecule has 2 atom stereocenters. The second kappa shape index (κ2) is 7.95. The number of ether oxygens (including phenoxy) is 1. The highest BCUT2D eigenvalue weighted by molar-refractivity contribution is 5.95. The molecular weight excluding hydrogens is 354 g/mol. The van der Waals surface area contributed by atoms with Crippen LogP contribution in [0.4, 0.5) is 0 Å². The van der Waals surface area contributed by atoms with Crippen LogP contribution in [0.3, 0.4) is 0 Å². The molecule has 0 saturated carbocycles. The van der Waals surface area contributed by atoms with Gasteiger partial charge in [-0.05, 0) is 50.3 Å². The first-order valence-electron chi connectivity index (χ1n) is 10.2. The van der Waals surface area contributed by atoms with Gasteiger partial charge in [-0.3, -0.25) is 4.79 Å². The van der Waals surface area contributed by atoms with Crippen molar-refractivity contribution in [1.29, 1.82) is 0 Å². The van der Waals surface area contributed by atoms with Crippen molar-refractivity contribution in [2.24, 2.45) is 11.8 Å². The minimum Gasteiger partial charge on any atom is -0.488 e. The smallest absolute Gasteiger partial charge is 0.273 e. The van der Waals surface area contributed by atoms with E-state index in [4.69, 9.17) is 9.26 Å². The van der Waals surface area contributed by atoms with E-state index in [-0.39, 0.29) is 5.91 Å². The summed E-state index contributed by atoms with van der Waals surface area (Å²) in [4.78, 5) is 15.1. The summed E-state index contributed by atoms with van der Waals surface area (Å²) in [6.45, 7) is 10.9. The first kappa shape index (κ1) is 19.0. The van der Waals surface area contributed by atoms with Gasteiger partial charge in [0.25, 0.3) is 5.91 Å². The minimum absolute atomic E-state index is 0.190. The molecule has 2 aliphatic heterocycles. The molecule has 1 aromatic heterocycles. The van der Waals surface area contributed by atoms with Crippen LogP contribution in [0, 0.1) is 18.8 Å². The van der Waals surface area contributed by atoms with E-state index in [1.54, 1.807) is 0 Å². The third-order valence-electron chi connectivity index (χ3n) is 5.64. The molecule has 6 nitrogen and oxygen atoms in total. The predicted octanol–water partition coefficient (Wildman–Crippen LogP) is 3.64. The molecule has 0 bridgehead atoms. The van der Waals surface area contributed by atoms with Gasteiger partial charge in [-0.2, -0.15) is 0 Å². The van der Waals surface area contributed by atoms with Crippen molar-refractivity contribution < 1.29 is 14.1 Å². The monoisotopic (exact) mass is 383 g/mol. The quantitative estimate of drug-likeness (QED) is 0.799. The third-order valence-corrected chi connectivity index (χ3v) is 5.64. The van der Waals surface area contributed by atoms with E-state index < -0.39 is 0 Å². The van der Waals surface area contributed by atoms with Crippen LogP contribution in [0.5, 0.6) is 5.75 Å². The van der Waals surface area contributed by atoms with Crippen molar-refractivity contribution in [3.8, 4) is 17.1 Å². The zero-order valence-corrected chi connectivity index (χ0v) is 17.0. The summed E-state index contributed by atoms with van der Waals surface area (Å²) in [5.74, 6) is 2.74. The van der Waals surface area contributed by atoms with Gasteiger partial charge < -0.3 is 19.5 Å². The number of amides is 1. The summed E-state index contributed by atoms with van der Waals surface area (Å²) in [5.41, 5.74) is 3.04. The molecule has 3 heterocycles. The number of benzene rings is 1. The van der Waals surface area contributed by atoms with E-state index >= 15 is 0 Å². The maximum absolute atomic E-state index is 12.6. The van der Waals surface area contributed by atoms with Gasteiger partial charge in [0.15, 0.2) is 11.5 Å². The SMILES string of the molecule is Cc1ccc2c(c1)-c1onc(C(=O)NCCCN3C[C@H](C)C[C@H](C)C3)c1CO2. The van der Waals surface area contributed by atoms with E-state index in [2.05, 4.69) is 29.2 Å². The Labute approximate surface area is 166 Å². The lowest BCUT2D eigenvalue weighted by atomic mass is 9.92. The normalized spacial score (nSPS) is 21.5. The molecule has 0 unspecified atom stereocenters. The first-order chi connectivity index (χ1) is 13.5. The Morgan fingerprint density at radius 1 is 1.29 bits per heavy atom. The number of hydrogen-bond acceptors (Lipinski definition) is 5. The first-order valence-corrected chi connectivity index (χ1v) is 10.2. The average molecular weight is 383 g/mol. The van der Waals surface area contributed by atoms with Crippen molar-refractivity contribution in [2.45, 2.75) is 40.2 Å². The van der Waals surface area contributed by atoms with E-state index in [0.717, 1.165) is 60.3 Å². The minimum atomic E-state index is -0.190. The number of hydrogen-bond donors (Lipinski definition) is 1. The highest BCUT2D eigenvalue weighted by Gasteiger charge is 2.29. The number of carbonyl (C=O) groups is 1. The fraction of sp³-hybridized carbons (Fsp3) is 0.545. The third kappa shape index (κ3) is 3.92. The van der Waals surface area contributed by atoms with Gasteiger partial charge in [0, 0.05) is 19.6 Å². The molecule has 2 aliphatic rings. The Kier molecular flexibility index (Phi) is 5.40. The summed E-state index contributed by atoms with van der Waals surface area (Å²) in [7, 11) is 0. The molecule has 4 rings (SSSR count). The summed E-state index contributed by atoms with van der Waals surface area (Å²) in [5, 5.41) is 7.03. The zero-order chi connectivity index (χ0) is 19.7. The molecule has 0 spiro atoms. The van der Waals surface area contributed by atoms with Gasteiger partial charge in [0.2, 0.25) is 0 Å². The van der Waals surface area contributed by atoms with E-state index in [0.29, 0.717) is 24.6 Å². The van der Waals surface area contributed by atoms with Gasteiger partial charge in [0.05, 0.1) is 11.1 Å². The van der Waals surface area contributed by atoms with Crippen LogP contribution in [-0.2, 0) is 6.61 Å². The van der Waals surface area contributed by atoms with E-state index in [1.807, 2.05) is 25.1 Å². The number of likely N-dealkylation sites (tertiary alicyclic amines) is 1. The number of aryl methyl sites for hydroxylation is 1. The lowest BCUT2D eigenvalue weighted by Crippen LogP contribution is -2.40. The van der Waals surface area contributed by atoms with Crippen LogP contribution in [0.25, 0.3) is 11.3 Å². The van der Waals surface area contributed by atoms with E-state index in [1.165, 1.54) is 6.42 Å². The number of carbonyl (C=O) groups excluding carboxylic acids is 1. The molecule has 6 heteroatoms. The Bertz CT molecular complexity index is 851. The Hall–Kier alpha value is -2.34. The lowest BCUT2D eigenvalue weighted by molar-refractivity contribution is 0.0936. The number of nitrogens with zero attached hydrogens (tertiary/aromatic N) is 2. The number of rotatable bonds is 5. The number of aromatic nitrogens is 1. The molecule has 1 aromatic carbocycles. The molecule has 1 N–H and O–H groups in total. The summed E-state index contributed by atoms with van der Waals surface area (Å²) in [6, 6.07) is 5.93.